The van der Waals surface area contributed by atoms with Gasteiger partial charge in [0.1, 0.15) is 12.2 Å². The molecule has 2 aromatic rings. The highest BCUT2D eigenvalue weighted by Gasteiger charge is 2.26. The van der Waals surface area contributed by atoms with Crippen LogP contribution in [0.15, 0.2) is 30.5 Å². The molecule has 31 heavy (non-hydrogen) atoms. The average molecular weight is 463 g/mol. The second-order valence-corrected chi connectivity index (χ2v) is 12.6. The molecule has 1 aromatic carbocycles. The largest absolute Gasteiger partial charge is 0.350 e. The number of para-hydroxylation sites is 1. The van der Waals surface area contributed by atoms with Gasteiger partial charge in [-0.15, -0.1) is 0 Å². The standard InChI is InChI=1S/C22H32ClN6OP/c1-31(2,30)20-6-4-3-5-19(20)27-21-18(23)13-25-22(28-21)26-17-9-12-29(15-17)14-16-7-10-24-11-8-16/h3-6,13,16-17,24H,7-12,14-15H2,1-2H3,(H2,25,26,27,28)/t17-/m1/s1. The van der Waals surface area contributed by atoms with E-state index in [-0.39, 0.29) is 0 Å². The van der Waals surface area contributed by atoms with Crippen molar-refractivity contribution in [1.29, 1.82) is 0 Å². The van der Waals surface area contributed by atoms with Gasteiger partial charge in [0.25, 0.3) is 0 Å². The lowest BCUT2D eigenvalue weighted by atomic mass is 9.98. The number of nitrogens with zero attached hydrogens (tertiary/aromatic N) is 3. The van der Waals surface area contributed by atoms with Gasteiger partial charge >= 0.3 is 0 Å². The van der Waals surface area contributed by atoms with Crippen LogP contribution in [0.2, 0.25) is 5.02 Å². The molecule has 4 rings (SSSR count). The summed E-state index contributed by atoms with van der Waals surface area (Å²) >= 11 is 6.36. The summed E-state index contributed by atoms with van der Waals surface area (Å²) in [5.41, 5.74) is 0.761. The van der Waals surface area contributed by atoms with Crippen molar-refractivity contribution < 1.29 is 4.57 Å². The number of benzene rings is 1. The van der Waals surface area contributed by atoms with Crippen LogP contribution in [0.1, 0.15) is 19.3 Å². The van der Waals surface area contributed by atoms with Gasteiger partial charge in [0.2, 0.25) is 5.95 Å². The number of likely N-dealkylation sites (tertiary alicyclic amines) is 1. The van der Waals surface area contributed by atoms with E-state index in [0.29, 0.717) is 22.8 Å². The number of rotatable bonds is 7. The first-order valence-corrected chi connectivity index (χ1v) is 14.0. The van der Waals surface area contributed by atoms with Crippen LogP contribution in [0.4, 0.5) is 17.5 Å². The zero-order valence-corrected chi connectivity index (χ0v) is 19.9. The highest BCUT2D eigenvalue weighted by Crippen LogP contribution is 2.38. The van der Waals surface area contributed by atoms with Crippen molar-refractivity contribution in [1.82, 2.24) is 20.2 Å². The van der Waals surface area contributed by atoms with E-state index in [1.54, 1.807) is 19.5 Å². The highest BCUT2D eigenvalue weighted by atomic mass is 35.5. The molecule has 0 saturated carbocycles. The van der Waals surface area contributed by atoms with Crippen LogP contribution in [0.25, 0.3) is 0 Å². The summed E-state index contributed by atoms with van der Waals surface area (Å²) in [6, 6.07) is 7.91. The maximum atomic E-state index is 12.7. The van der Waals surface area contributed by atoms with Crippen LogP contribution in [0.5, 0.6) is 0 Å². The monoisotopic (exact) mass is 462 g/mol. The predicted octanol–water partition coefficient (Wildman–Crippen LogP) is 3.61. The molecule has 1 atom stereocenters. The number of hydrogen-bond donors (Lipinski definition) is 3. The first-order valence-electron chi connectivity index (χ1n) is 11.0. The Labute approximate surface area is 189 Å². The zero-order chi connectivity index (χ0) is 21.8. The molecule has 0 bridgehead atoms. The molecule has 0 amide bonds. The lowest BCUT2D eigenvalue weighted by Crippen LogP contribution is -2.36. The molecule has 0 radical (unpaired) electrons. The number of halogens is 1. The van der Waals surface area contributed by atoms with Crippen molar-refractivity contribution in [2.24, 2.45) is 5.92 Å². The first-order chi connectivity index (χ1) is 14.9. The highest BCUT2D eigenvalue weighted by molar-refractivity contribution is 7.70. The van der Waals surface area contributed by atoms with E-state index in [1.165, 1.54) is 19.4 Å². The minimum atomic E-state index is -2.44. The van der Waals surface area contributed by atoms with Gasteiger partial charge in [-0.3, -0.25) is 0 Å². The molecule has 2 aliphatic heterocycles. The van der Waals surface area contributed by atoms with Gasteiger partial charge in [-0.25, -0.2) is 4.98 Å². The fourth-order valence-electron chi connectivity index (χ4n) is 4.43. The molecule has 2 saturated heterocycles. The second kappa shape index (κ2) is 9.86. The van der Waals surface area contributed by atoms with Gasteiger partial charge in [0.05, 0.1) is 11.9 Å². The van der Waals surface area contributed by atoms with E-state index in [0.717, 1.165) is 49.5 Å². The molecule has 3 heterocycles. The number of hydrogen-bond acceptors (Lipinski definition) is 7. The maximum absolute atomic E-state index is 12.7. The van der Waals surface area contributed by atoms with Gasteiger partial charge in [-0.2, -0.15) is 4.98 Å². The lowest BCUT2D eigenvalue weighted by molar-refractivity contribution is 0.239. The molecule has 1 aromatic heterocycles. The van der Waals surface area contributed by atoms with Crippen LogP contribution in [0.3, 0.4) is 0 Å². The van der Waals surface area contributed by atoms with E-state index >= 15 is 0 Å². The number of nitrogens with one attached hydrogen (secondary N) is 3. The Morgan fingerprint density at radius 2 is 2.00 bits per heavy atom. The number of aromatic nitrogens is 2. The topological polar surface area (TPSA) is 82.2 Å². The van der Waals surface area contributed by atoms with E-state index in [9.17, 15) is 4.57 Å². The third-order valence-electron chi connectivity index (χ3n) is 6.06. The Morgan fingerprint density at radius 3 is 2.77 bits per heavy atom. The third kappa shape index (κ3) is 5.98. The summed E-state index contributed by atoms with van der Waals surface area (Å²) in [5.74, 6) is 1.88. The van der Waals surface area contributed by atoms with E-state index in [1.807, 2.05) is 24.3 Å². The molecule has 3 N–H and O–H groups in total. The molecule has 0 unspecified atom stereocenters. The summed E-state index contributed by atoms with van der Waals surface area (Å²) in [5, 5.41) is 11.4. The van der Waals surface area contributed by atoms with Crippen molar-refractivity contribution >= 4 is 41.5 Å². The van der Waals surface area contributed by atoms with Gasteiger partial charge in [0.15, 0.2) is 5.82 Å². The molecule has 168 valence electrons. The van der Waals surface area contributed by atoms with Crippen molar-refractivity contribution in [3.8, 4) is 0 Å². The molecular formula is C22H32ClN6OP. The van der Waals surface area contributed by atoms with Crippen molar-refractivity contribution in [2.75, 3.05) is 56.7 Å². The Balaban J connectivity index is 1.40. The fourth-order valence-corrected chi connectivity index (χ4v) is 5.72. The Kier molecular flexibility index (Phi) is 7.17. The Hall–Kier alpha value is -1.66. The summed E-state index contributed by atoms with van der Waals surface area (Å²) < 4.78 is 12.7. The smallest absolute Gasteiger partial charge is 0.224 e. The maximum Gasteiger partial charge on any atom is 0.224 e. The quantitative estimate of drug-likeness (QED) is 0.542. The SMILES string of the molecule is CP(C)(=O)c1ccccc1Nc1nc(N[C@@H]2CCN(CC3CCNCC3)C2)ncc1Cl. The first kappa shape index (κ1) is 22.5. The summed E-state index contributed by atoms with van der Waals surface area (Å²) in [7, 11) is -2.44. The van der Waals surface area contributed by atoms with Crippen LogP contribution in [-0.2, 0) is 4.57 Å². The molecule has 2 fully saturated rings. The third-order valence-corrected chi connectivity index (χ3v) is 7.89. The van der Waals surface area contributed by atoms with Gasteiger partial charge < -0.3 is 25.4 Å². The van der Waals surface area contributed by atoms with E-state index in [4.69, 9.17) is 11.6 Å². The lowest BCUT2D eigenvalue weighted by Gasteiger charge is -2.27. The van der Waals surface area contributed by atoms with Crippen molar-refractivity contribution in [3.05, 3.63) is 35.5 Å². The van der Waals surface area contributed by atoms with Crippen LogP contribution in [0, 0.1) is 5.92 Å². The number of anilines is 3. The fraction of sp³-hybridized carbons (Fsp3) is 0.545. The van der Waals surface area contributed by atoms with Gasteiger partial charge in [-0.05, 0) is 63.7 Å². The minimum absolute atomic E-state index is 0.328. The number of piperidine rings is 1. The zero-order valence-electron chi connectivity index (χ0n) is 18.3. The summed E-state index contributed by atoms with van der Waals surface area (Å²) in [6.07, 6.45) is 5.24. The molecule has 7 nitrogen and oxygen atoms in total. The van der Waals surface area contributed by atoms with E-state index in [2.05, 4.69) is 30.8 Å². The molecule has 0 aliphatic carbocycles. The molecule has 9 heteroatoms. The van der Waals surface area contributed by atoms with Gasteiger partial charge in [-0.1, -0.05) is 23.7 Å². The van der Waals surface area contributed by atoms with E-state index < -0.39 is 7.14 Å². The van der Waals surface area contributed by atoms with Gasteiger partial charge in [0, 0.05) is 31.0 Å². The van der Waals surface area contributed by atoms with Crippen molar-refractivity contribution in [2.45, 2.75) is 25.3 Å². The van der Waals surface area contributed by atoms with Crippen LogP contribution < -0.4 is 21.3 Å². The Morgan fingerprint density at radius 1 is 1.23 bits per heavy atom. The Bertz CT molecular complexity index is 945. The van der Waals surface area contributed by atoms with Crippen LogP contribution >= 0.6 is 18.7 Å². The van der Waals surface area contributed by atoms with Crippen molar-refractivity contribution in [3.63, 3.8) is 0 Å². The molecule has 2 aliphatic rings. The average Bonchev–Trinajstić information content (AvgIpc) is 3.17. The van der Waals surface area contributed by atoms with Crippen LogP contribution in [-0.4, -0.2) is 67.0 Å². The normalized spacial score (nSPS) is 20.7. The minimum Gasteiger partial charge on any atom is -0.350 e. The second-order valence-electron chi connectivity index (χ2n) is 8.97. The summed E-state index contributed by atoms with van der Waals surface area (Å²) in [4.78, 5) is 11.5. The predicted molar refractivity (Wildman–Crippen MR) is 130 cm³/mol. The summed E-state index contributed by atoms with van der Waals surface area (Å²) in [6.45, 7) is 9.10. The molecular weight excluding hydrogens is 431 g/mol. The molecule has 0 spiro atoms.